The Morgan fingerprint density at radius 2 is 2.00 bits per heavy atom. The number of carbonyl (C=O) groups is 1. The van der Waals surface area contributed by atoms with Crippen molar-refractivity contribution in [1.82, 2.24) is 10.2 Å². The van der Waals surface area contributed by atoms with Crippen LogP contribution in [0.1, 0.15) is 38.8 Å². The van der Waals surface area contributed by atoms with Crippen LogP contribution in [0.4, 0.5) is 8.78 Å². The Kier molecular flexibility index (Phi) is 5.13. The second kappa shape index (κ2) is 6.71. The van der Waals surface area contributed by atoms with Gasteiger partial charge in [-0.3, -0.25) is 9.69 Å². The maximum Gasteiger partial charge on any atom is 0.236 e. The molecule has 6 heteroatoms. The summed E-state index contributed by atoms with van der Waals surface area (Å²) in [6, 6.07) is 3.21. The Morgan fingerprint density at radius 1 is 1.32 bits per heavy atom. The Labute approximate surface area is 129 Å². The number of rotatable bonds is 4. The van der Waals surface area contributed by atoms with Crippen LogP contribution in [-0.2, 0) is 4.79 Å². The van der Waals surface area contributed by atoms with Gasteiger partial charge in [-0.05, 0) is 44.9 Å². The number of amides is 1. The van der Waals surface area contributed by atoms with Crippen molar-refractivity contribution in [3.05, 3.63) is 35.4 Å². The Bertz CT molecular complexity index is 548. The molecule has 0 aromatic heterocycles. The Hall–Kier alpha value is -1.53. The van der Waals surface area contributed by atoms with Gasteiger partial charge in [-0.2, -0.15) is 0 Å². The lowest BCUT2D eigenvalue weighted by Gasteiger charge is -2.32. The van der Waals surface area contributed by atoms with Gasteiger partial charge in [-0.1, -0.05) is 6.07 Å². The van der Waals surface area contributed by atoms with Gasteiger partial charge in [0.1, 0.15) is 0 Å². The Morgan fingerprint density at radius 3 is 2.55 bits per heavy atom. The lowest BCUT2D eigenvalue weighted by molar-refractivity contribution is -0.122. The van der Waals surface area contributed by atoms with Crippen molar-refractivity contribution < 1.29 is 13.6 Å². The number of halogens is 2. The fourth-order valence-electron chi connectivity index (χ4n) is 2.98. The molecule has 0 aliphatic carbocycles. The molecule has 4 nitrogen and oxygen atoms in total. The van der Waals surface area contributed by atoms with Crippen LogP contribution in [0, 0.1) is 11.6 Å². The summed E-state index contributed by atoms with van der Waals surface area (Å²) in [5, 5.41) is 2.92. The van der Waals surface area contributed by atoms with Crippen molar-refractivity contribution in [2.45, 2.75) is 51.4 Å². The maximum atomic E-state index is 13.6. The van der Waals surface area contributed by atoms with E-state index in [-0.39, 0.29) is 24.0 Å². The molecule has 0 radical (unpaired) electrons. The maximum absolute atomic E-state index is 13.6. The van der Waals surface area contributed by atoms with Crippen LogP contribution in [-0.4, -0.2) is 35.5 Å². The van der Waals surface area contributed by atoms with Crippen molar-refractivity contribution in [2.24, 2.45) is 5.73 Å². The van der Waals surface area contributed by atoms with Gasteiger partial charge >= 0.3 is 0 Å². The van der Waals surface area contributed by atoms with E-state index in [0.717, 1.165) is 19.0 Å². The zero-order valence-electron chi connectivity index (χ0n) is 13.1. The summed E-state index contributed by atoms with van der Waals surface area (Å²) in [5.74, 6) is -1.97. The largest absolute Gasteiger partial charge is 0.350 e. The molecular weight excluding hydrogens is 288 g/mol. The van der Waals surface area contributed by atoms with E-state index >= 15 is 0 Å². The van der Waals surface area contributed by atoms with Gasteiger partial charge in [0.25, 0.3) is 0 Å². The first-order valence-corrected chi connectivity index (χ1v) is 7.58. The summed E-state index contributed by atoms with van der Waals surface area (Å²) in [5.41, 5.74) is 6.27. The van der Waals surface area contributed by atoms with Gasteiger partial charge in [0.15, 0.2) is 11.6 Å². The smallest absolute Gasteiger partial charge is 0.236 e. The predicted molar refractivity (Wildman–Crippen MR) is 81.1 cm³/mol. The van der Waals surface area contributed by atoms with E-state index in [0.29, 0.717) is 5.56 Å². The minimum atomic E-state index is -0.870. The molecule has 1 aromatic carbocycles. The normalized spacial score (nSPS) is 23.8. The van der Waals surface area contributed by atoms with Crippen LogP contribution in [0.15, 0.2) is 18.2 Å². The highest BCUT2D eigenvalue weighted by Gasteiger charge is 2.38. The summed E-state index contributed by atoms with van der Waals surface area (Å²) in [7, 11) is 0. The van der Waals surface area contributed by atoms with Crippen molar-refractivity contribution >= 4 is 5.91 Å². The van der Waals surface area contributed by atoms with E-state index in [2.05, 4.69) is 10.2 Å². The van der Waals surface area contributed by atoms with Crippen LogP contribution in [0.5, 0.6) is 0 Å². The Balaban J connectivity index is 2.30. The SMILES string of the molecule is CC(C)N1CCC(NC(=O)[C@@H](C)N)C1c1ccc(F)c(F)c1. The van der Waals surface area contributed by atoms with Gasteiger partial charge in [0.05, 0.1) is 12.1 Å². The van der Waals surface area contributed by atoms with Gasteiger partial charge in [-0.25, -0.2) is 8.78 Å². The molecule has 1 aliphatic heterocycles. The number of nitrogens with zero attached hydrogens (tertiary/aromatic N) is 1. The summed E-state index contributed by atoms with van der Waals surface area (Å²) in [6.45, 7) is 6.49. The number of benzene rings is 1. The standard InChI is InChI=1S/C16H23F2N3O/c1-9(2)21-7-6-14(20-16(22)10(3)19)15(21)11-4-5-12(17)13(18)8-11/h4-5,8-10,14-15H,6-7,19H2,1-3H3,(H,20,22)/t10-,14?,15?/m1/s1. The molecule has 2 unspecified atom stereocenters. The number of hydrogen-bond acceptors (Lipinski definition) is 3. The van der Waals surface area contributed by atoms with Crippen LogP contribution in [0.2, 0.25) is 0 Å². The van der Waals surface area contributed by atoms with E-state index in [4.69, 9.17) is 5.73 Å². The second-order valence-electron chi connectivity index (χ2n) is 6.14. The second-order valence-corrected chi connectivity index (χ2v) is 6.14. The molecule has 1 heterocycles. The fourth-order valence-corrected chi connectivity index (χ4v) is 2.98. The molecule has 3 atom stereocenters. The van der Waals surface area contributed by atoms with Gasteiger partial charge in [0, 0.05) is 18.6 Å². The zero-order chi connectivity index (χ0) is 16.4. The zero-order valence-corrected chi connectivity index (χ0v) is 13.1. The molecule has 1 saturated heterocycles. The number of likely N-dealkylation sites (tertiary alicyclic amines) is 1. The molecule has 0 saturated carbocycles. The van der Waals surface area contributed by atoms with Crippen LogP contribution >= 0.6 is 0 Å². The van der Waals surface area contributed by atoms with Crippen molar-refractivity contribution in [1.29, 1.82) is 0 Å². The molecule has 122 valence electrons. The van der Waals surface area contributed by atoms with E-state index in [9.17, 15) is 13.6 Å². The highest BCUT2D eigenvalue weighted by atomic mass is 19.2. The van der Waals surface area contributed by atoms with E-state index in [1.807, 2.05) is 13.8 Å². The highest BCUT2D eigenvalue weighted by Crippen LogP contribution is 2.34. The van der Waals surface area contributed by atoms with Crippen molar-refractivity contribution in [3.63, 3.8) is 0 Å². The number of nitrogens with two attached hydrogens (primary N) is 1. The molecule has 3 N–H and O–H groups in total. The third-order valence-corrected chi connectivity index (χ3v) is 4.13. The minimum absolute atomic E-state index is 0.161. The molecule has 0 spiro atoms. The molecule has 1 aliphatic rings. The highest BCUT2D eigenvalue weighted by molar-refractivity contribution is 5.81. The fraction of sp³-hybridized carbons (Fsp3) is 0.562. The minimum Gasteiger partial charge on any atom is -0.350 e. The molecular formula is C16H23F2N3O. The summed E-state index contributed by atoms with van der Waals surface area (Å²) in [4.78, 5) is 14.1. The van der Waals surface area contributed by atoms with Crippen molar-refractivity contribution in [3.8, 4) is 0 Å². The molecule has 1 aromatic rings. The van der Waals surface area contributed by atoms with Crippen molar-refractivity contribution in [2.75, 3.05) is 6.54 Å². The number of nitrogens with one attached hydrogen (secondary N) is 1. The first kappa shape index (κ1) is 16.8. The number of hydrogen-bond donors (Lipinski definition) is 2. The van der Waals surface area contributed by atoms with E-state index in [1.54, 1.807) is 13.0 Å². The summed E-state index contributed by atoms with van der Waals surface area (Å²) in [6.07, 6.45) is 0.750. The average Bonchev–Trinajstić information content (AvgIpc) is 2.85. The van der Waals surface area contributed by atoms with Gasteiger partial charge in [0.2, 0.25) is 5.91 Å². The molecule has 1 amide bonds. The molecule has 1 fully saturated rings. The monoisotopic (exact) mass is 311 g/mol. The molecule has 2 rings (SSSR count). The van der Waals surface area contributed by atoms with Crippen LogP contribution in [0.3, 0.4) is 0 Å². The first-order valence-electron chi connectivity index (χ1n) is 7.58. The average molecular weight is 311 g/mol. The quantitative estimate of drug-likeness (QED) is 0.893. The van der Waals surface area contributed by atoms with Crippen LogP contribution < -0.4 is 11.1 Å². The third kappa shape index (κ3) is 3.44. The predicted octanol–water partition coefficient (Wildman–Crippen LogP) is 1.95. The number of carbonyl (C=O) groups excluding carboxylic acids is 1. The molecule has 0 bridgehead atoms. The third-order valence-electron chi connectivity index (χ3n) is 4.13. The first-order chi connectivity index (χ1) is 10.3. The lowest BCUT2D eigenvalue weighted by atomic mass is 9.98. The van der Waals surface area contributed by atoms with E-state index < -0.39 is 17.7 Å². The van der Waals surface area contributed by atoms with Gasteiger partial charge < -0.3 is 11.1 Å². The van der Waals surface area contributed by atoms with Crippen LogP contribution in [0.25, 0.3) is 0 Å². The molecule has 22 heavy (non-hydrogen) atoms. The van der Waals surface area contributed by atoms with Gasteiger partial charge in [-0.15, -0.1) is 0 Å². The lowest BCUT2D eigenvalue weighted by Crippen LogP contribution is -2.46. The topological polar surface area (TPSA) is 58.4 Å². The summed E-state index contributed by atoms with van der Waals surface area (Å²) < 4.78 is 26.8. The summed E-state index contributed by atoms with van der Waals surface area (Å²) >= 11 is 0. The van der Waals surface area contributed by atoms with E-state index in [1.165, 1.54) is 6.07 Å².